The van der Waals surface area contributed by atoms with Gasteiger partial charge in [-0.15, -0.1) is 0 Å². The molecule has 0 N–H and O–H groups in total. The number of benzene rings is 1. The zero-order valence-corrected chi connectivity index (χ0v) is 19.0. The van der Waals surface area contributed by atoms with Crippen molar-refractivity contribution in [2.75, 3.05) is 13.7 Å². The Balaban J connectivity index is 1.55. The van der Waals surface area contributed by atoms with Gasteiger partial charge in [-0.05, 0) is 73.4 Å². The molecule has 4 heteroatoms. The molecule has 0 amide bonds. The van der Waals surface area contributed by atoms with E-state index in [9.17, 15) is 0 Å². The van der Waals surface area contributed by atoms with Crippen LogP contribution in [0.5, 0.6) is 5.75 Å². The minimum Gasteiger partial charge on any atom is -0.494 e. The number of aliphatic imine (C=N–C) groups is 1. The van der Waals surface area contributed by atoms with E-state index in [2.05, 4.69) is 41.9 Å². The number of ether oxygens (including phenoxy) is 2. The number of aromatic nitrogens is 1. The third-order valence-corrected chi connectivity index (χ3v) is 6.93. The molecule has 4 atom stereocenters. The minimum absolute atomic E-state index is 0.213. The molecule has 1 saturated carbocycles. The Kier molecular flexibility index (Phi) is 5.56. The molecule has 32 heavy (non-hydrogen) atoms. The maximum Gasteiger partial charge on any atom is 0.145 e. The molecule has 2 aromatic rings. The number of hydrogen-bond acceptors (Lipinski definition) is 4. The second kappa shape index (κ2) is 8.51. The topological polar surface area (TPSA) is 43.7 Å². The second-order valence-electron chi connectivity index (χ2n) is 9.14. The van der Waals surface area contributed by atoms with Gasteiger partial charge in [0.1, 0.15) is 11.4 Å². The number of allylic oxidation sites excluding steroid dienone is 3. The largest absolute Gasteiger partial charge is 0.494 e. The lowest BCUT2D eigenvalue weighted by atomic mass is 9.85. The first-order chi connectivity index (χ1) is 15.5. The number of hydrogen-bond donors (Lipinski definition) is 0. The summed E-state index contributed by atoms with van der Waals surface area (Å²) in [5.74, 6) is 2.81. The molecule has 1 aliphatic heterocycles. The molecule has 5 rings (SSSR count). The quantitative estimate of drug-likeness (QED) is 0.530. The van der Waals surface area contributed by atoms with Crippen molar-refractivity contribution < 1.29 is 9.47 Å². The minimum atomic E-state index is 0.213. The summed E-state index contributed by atoms with van der Waals surface area (Å²) in [7, 11) is 1.70. The lowest BCUT2D eigenvalue weighted by Crippen LogP contribution is -2.23. The van der Waals surface area contributed by atoms with Gasteiger partial charge in [0, 0.05) is 41.8 Å². The Morgan fingerprint density at radius 1 is 1.28 bits per heavy atom. The van der Waals surface area contributed by atoms with Gasteiger partial charge < -0.3 is 9.47 Å². The second-order valence-corrected chi connectivity index (χ2v) is 9.14. The Labute approximate surface area is 190 Å². The fourth-order valence-corrected chi connectivity index (χ4v) is 5.02. The summed E-state index contributed by atoms with van der Waals surface area (Å²) >= 11 is 0. The molecule has 2 heterocycles. The van der Waals surface area contributed by atoms with Gasteiger partial charge in [0.15, 0.2) is 0 Å². The number of rotatable bonds is 5. The number of fused-ring (bicyclic) bond motifs is 3. The Morgan fingerprint density at radius 2 is 2.16 bits per heavy atom. The van der Waals surface area contributed by atoms with Crippen LogP contribution in [0.2, 0.25) is 0 Å². The normalized spacial score (nSPS) is 26.5. The lowest BCUT2D eigenvalue weighted by Gasteiger charge is -2.25. The average molecular weight is 427 g/mol. The first-order valence-corrected chi connectivity index (χ1v) is 11.4. The Morgan fingerprint density at radius 3 is 2.91 bits per heavy atom. The fourth-order valence-electron chi connectivity index (χ4n) is 5.02. The van der Waals surface area contributed by atoms with Crippen molar-refractivity contribution in [2.45, 2.75) is 32.8 Å². The SMILES string of the molecule is C=C(C)c1cc(C2=CC3C(C=C2)OCCC2CC23)cc(OC)c1N=C(C)c1cccnc1. The van der Waals surface area contributed by atoms with E-state index in [0.717, 1.165) is 57.9 Å². The molecule has 0 spiro atoms. The third-order valence-electron chi connectivity index (χ3n) is 6.93. The van der Waals surface area contributed by atoms with Crippen molar-refractivity contribution in [3.05, 3.63) is 78.2 Å². The van der Waals surface area contributed by atoms with Crippen molar-refractivity contribution in [1.82, 2.24) is 4.98 Å². The van der Waals surface area contributed by atoms with Crippen LogP contribution < -0.4 is 4.74 Å². The highest BCUT2D eigenvalue weighted by Crippen LogP contribution is 2.52. The zero-order valence-electron chi connectivity index (χ0n) is 19.0. The number of nitrogens with zero attached hydrogens (tertiary/aromatic N) is 2. The van der Waals surface area contributed by atoms with Gasteiger partial charge in [0.2, 0.25) is 0 Å². The molecule has 164 valence electrons. The highest BCUT2D eigenvalue weighted by molar-refractivity contribution is 6.01. The highest BCUT2D eigenvalue weighted by Gasteiger charge is 2.47. The van der Waals surface area contributed by atoms with Gasteiger partial charge in [-0.3, -0.25) is 4.98 Å². The molecule has 4 nitrogen and oxygen atoms in total. The van der Waals surface area contributed by atoms with E-state index in [-0.39, 0.29) is 6.10 Å². The van der Waals surface area contributed by atoms with Crippen LogP contribution in [0.3, 0.4) is 0 Å². The summed E-state index contributed by atoms with van der Waals surface area (Å²) in [6.45, 7) is 9.13. The molecule has 2 fully saturated rings. The summed E-state index contributed by atoms with van der Waals surface area (Å²) in [4.78, 5) is 9.15. The smallest absolute Gasteiger partial charge is 0.145 e. The van der Waals surface area contributed by atoms with Gasteiger partial charge in [0.05, 0.1) is 13.2 Å². The van der Waals surface area contributed by atoms with Crippen LogP contribution in [0.25, 0.3) is 11.1 Å². The van der Waals surface area contributed by atoms with Crippen molar-refractivity contribution in [2.24, 2.45) is 22.7 Å². The van der Waals surface area contributed by atoms with Crippen LogP contribution in [0.1, 0.15) is 43.4 Å². The number of methoxy groups -OCH3 is 1. The predicted molar refractivity (Wildman–Crippen MR) is 130 cm³/mol. The van der Waals surface area contributed by atoms with Crippen LogP contribution >= 0.6 is 0 Å². The van der Waals surface area contributed by atoms with Gasteiger partial charge in [-0.2, -0.15) is 0 Å². The highest BCUT2D eigenvalue weighted by atomic mass is 16.5. The van der Waals surface area contributed by atoms with E-state index in [1.165, 1.54) is 18.4 Å². The first-order valence-electron chi connectivity index (χ1n) is 11.4. The van der Waals surface area contributed by atoms with Crippen LogP contribution in [-0.4, -0.2) is 30.5 Å². The van der Waals surface area contributed by atoms with E-state index in [1.807, 2.05) is 32.2 Å². The predicted octanol–water partition coefficient (Wildman–Crippen LogP) is 6.26. The van der Waals surface area contributed by atoms with Gasteiger partial charge in [-0.1, -0.05) is 30.9 Å². The van der Waals surface area contributed by atoms with Crippen LogP contribution in [-0.2, 0) is 4.74 Å². The first kappa shape index (κ1) is 20.9. The summed E-state index contributed by atoms with van der Waals surface area (Å²) in [6, 6.07) is 8.23. The summed E-state index contributed by atoms with van der Waals surface area (Å²) in [5, 5.41) is 0. The zero-order chi connectivity index (χ0) is 22.2. The molecule has 3 aliphatic rings. The van der Waals surface area contributed by atoms with Crippen molar-refractivity contribution >= 4 is 22.5 Å². The van der Waals surface area contributed by atoms with Gasteiger partial charge >= 0.3 is 0 Å². The maximum atomic E-state index is 6.11. The van der Waals surface area contributed by atoms with Gasteiger partial charge in [0.25, 0.3) is 0 Å². The third kappa shape index (κ3) is 3.95. The molecule has 1 saturated heterocycles. The van der Waals surface area contributed by atoms with Crippen molar-refractivity contribution in [3.63, 3.8) is 0 Å². The molecule has 4 unspecified atom stereocenters. The molecule has 1 aromatic carbocycles. The summed E-state index contributed by atoms with van der Waals surface area (Å²) in [5.41, 5.74) is 7.01. The van der Waals surface area contributed by atoms with Crippen LogP contribution in [0.4, 0.5) is 5.69 Å². The number of pyridine rings is 1. The standard InChI is InChI=1S/C28H30N2O2/c1-17(2)23-14-22(19-7-8-26-25(12-19)24-13-20(24)9-11-32-26)15-27(31-4)28(23)30-18(3)21-6-5-10-29-16-21/h5-8,10,12,14-16,20,24-26H,1,9,11,13H2,2-4H3. The van der Waals surface area contributed by atoms with E-state index in [4.69, 9.17) is 14.5 Å². The molecule has 1 aromatic heterocycles. The Bertz CT molecular complexity index is 1130. The Hall–Kier alpha value is -2.98. The van der Waals surface area contributed by atoms with E-state index >= 15 is 0 Å². The van der Waals surface area contributed by atoms with E-state index in [1.54, 1.807) is 13.3 Å². The van der Waals surface area contributed by atoms with Crippen LogP contribution in [0, 0.1) is 17.8 Å². The molecular formula is C28H30N2O2. The summed E-state index contributed by atoms with van der Waals surface area (Å²) in [6.07, 6.45) is 13.2. The molecular weight excluding hydrogens is 396 g/mol. The maximum absolute atomic E-state index is 6.11. The summed E-state index contributed by atoms with van der Waals surface area (Å²) < 4.78 is 11.9. The molecule has 0 radical (unpaired) electrons. The van der Waals surface area contributed by atoms with E-state index < -0.39 is 0 Å². The van der Waals surface area contributed by atoms with Crippen molar-refractivity contribution in [1.29, 1.82) is 0 Å². The molecule has 2 aliphatic carbocycles. The molecule has 0 bridgehead atoms. The fraction of sp³-hybridized carbons (Fsp3) is 0.357. The average Bonchev–Trinajstić information content (AvgIpc) is 3.60. The van der Waals surface area contributed by atoms with Crippen LogP contribution in [0.15, 0.2) is 66.5 Å². The monoisotopic (exact) mass is 426 g/mol. The van der Waals surface area contributed by atoms with Crippen molar-refractivity contribution in [3.8, 4) is 5.75 Å². The lowest BCUT2D eigenvalue weighted by molar-refractivity contribution is 0.0625. The van der Waals surface area contributed by atoms with Gasteiger partial charge in [-0.25, -0.2) is 4.99 Å². The van der Waals surface area contributed by atoms with E-state index in [0.29, 0.717) is 5.92 Å².